The van der Waals surface area contributed by atoms with Gasteiger partial charge in [0, 0.05) is 13.0 Å². The van der Waals surface area contributed by atoms with Gasteiger partial charge in [-0.2, -0.15) is 0 Å². The van der Waals surface area contributed by atoms with Crippen LogP contribution in [0.15, 0.2) is 48.5 Å². The summed E-state index contributed by atoms with van der Waals surface area (Å²) in [5.74, 6) is -1.47. The van der Waals surface area contributed by atoms with E-state index >= 15 is 0 Å². The molecule has 7 heteroatoms. The Morgan fingerprint density at radius 1 is 1.09 bits per heavy atom. The lowest BCUT2D eigenvalue weighted by atomic mass is 9.75. The fraction of sp³-hybridized carbons (Fsp3) is 0.423. The summed E-state index contributed by atoms with van der Waals surface area (Å²) in [6, 6.07) is 15.3. The van der Waals surface area contributed by atoms with Gasteiger partial charge in [0.05, 0.1) is 0 Å². The molecule has 7 nitrogen and oxygen atoms in total. The first kappa shape index (κ1) is 22.8. The zero-order valence-electron chi connectivity index (χ0n) is 19.0. The maximum atomic E-state index is 13.1. The standard InChI is InChI=1S/C26H30N2O5/c1-3-9-22(23(29)28(2)26(24(30)31)14-8-15-26)27-25(32)33-16-21-19-12-6-4-10-17(19)18-11-5-7-13-20(18)21/h4-7,10-13,21-22H,3,8-9,14-16H2,1-2H3,(H,27,32)(H,30,31). The van der Waals surface area contributed by atoms with Gasteiger partial charge in [-0.25, -0.2) is 9.59 Å². The summed E-state index contributed by atoms with van der Waals surface area (Å²) < 4.78 is 5.58. The average Bonchev–Trinajstić information content (AvgIpc) is 3.09. The molecule has 0 spiro atoms. The summed E-state index contributed by atoms with van der Waals surface area (Å²) in [6.45, 7) is 2.07. The molecule has 174 valence electrons. The highest BCUT2D eigenvalue weighted by Crippen LogP contribution is 2.44. The molecule has 0 radical (unpaired) electrons. The lowest BCUT2D eigenvalue weighted by Crippen LogP contribution is -2.63. The molecule has 33 heavy (non-hydrogen) atoms. The van der Waals surface area contributed by atoms with Crippen LogP contribution in [0.4, 0.5) is 4.79 Å². The van der Waals surface area contributed by atoms with Gasteiger partial charge in [-0.05, 0) is 47.9 Å². The van der Waals surface area contributed by atoms with Crippen molar-refractivity contribution in [1.29, 1.82) is 0 Å². The van der Waals surface area contributed by atoms with Gasteiger partial charge in [0.1, 0.15) is 18.2 Å². The largest absolute Gasteiger partial charge is 0.479 e. The second kappa shape index (κ2) is 9.25. The molecule has 0 aromatic heterocycles. The average molecular weight is 451 g/mol. The first-order valence-electron chi connectivity index (χ1n) is 11.5. The molecular weight excluding hydrogens is 420 g/mol. The lowest BCUT2D eigenvalue weighted by Gasteiger charge is -2.45. The first-order chi connectivity index (χ1) is 15.9. The highest BCUT2D eigenvalue weighted by Gasteiger charge is 2.50. The molecule has 2 aromatic rings. The number of hydrogen-bond acceptors (Lipinski definition) is 4. The van der Waals surface area contributed by atoms with Crippen molar-refractivity contribution in [3.63, 3.8) is 0 Å². The summed E-state index contributed by atoms with van der Waals surface area (Å²) in [5, 5.41) is 12.3. The molecule has 0 aliphatic heterocycles. The number of fused-ring (bicyclic) bond motifs is 3. The molecule has 1 unspecified atom stereocenters. The number of benzene rings is 2. The van der Waals surface area contributed by atoms with Gasteiger partial charge in [0.15, 0.2) is 0 Å². The number of hydrogen-bond donors (Lipinski definition) is 2. The van der Waals surface area contributed by atoms with E-state index in [9.17, 15) is 19.5 Å². The van der Waals surface area contributed by atoms with E-state index in [-0.39, 0.29) is 12.5 Å². The number of carbonyl (C=O) groups excluding carboxylic acids is 2. The highest BCUT2D eigenvalue weighted by molar-refractivity contribution is 5.91. The summed E-state index contributed by atoms with van der Waals surface area (Å²) in [7, 11) is 1.51. The second-order valence-electron chi connectivity index (χ2n) is 8.90. The Morgan fingerprint density at radius 3 is 2.15 bits per heavy atom. The molecule has 1 saturated carbocycles. The van der Waals surface area contributed by atoms with Crippen LogP contribution in [0.3, 0.4) is 0 Å². The molecule has 2 aromatic carbocycles. The smallest absolute Gasteiger partial charge is 0.407 e. The van der Waals surface area contributed by atoms with Crippen molar-refractivity contribution in [3.8, 4) is 11.1 Å². The maximum Gasteiger partial charge on any atom is 0.407 e. The van der Waals surface area contributed by atoms with E-state index in [1.807, 2.05) is 43.3 Å². The van der Waals surface area contributed by atoms with Crippen LogP contribution in [0.1, 0.15) is 56.1 Å². The number of carboxylic acid groups (broad SMARTS) is 1. The van der Waals surface area contributed by atoms with E-state index < -0.39 is 29.6 Å². The topological polar surface area (TPSA) is 95.9 Å². The van der Waals surface area contributed by atoms with Crippen LogP contribution in [0, 0.1) is 0 Å². The minimum Gasteiger partial charge on any atom is -0.479 e. The number of ether oxygens (including phenoxy) is 1. The number of carboxylic acids is 1. The van der Waals surface area contributed by atoms with E-state index in [1.54, 1.807) is 0 Å². The normalized spacial score (nSPS) is 16.7. The van der Waals surface area contributed by atoms with Crippen molar-refractivity contribution < 1.29 is 24.2 Å². The van der Waals surface area contributed by atoms with Gasteiger partial charge < -0.3 is 20.1 Å². The van der Waals surface area contributed by atoms with Crippen LogP contribution in [0.25, 0.3) is 11.1 Å². The number of likely N-dealkylation sites (N-methyl/N-ethyl adjacent to an activating group) is 1. The molecule has 2 amide bonds. The number of nitrogens with one attached hydrogen (secondary N) is 1. The van der Waals surface area contributed by atoms with E-state index in [1.165, 1.54) is 11.9 Å². The molecule has 0 saturated heterocycles. The third kappa shape index (κ3) is 4.08. The molecule has 1 fully saturated rings. The van der Waals surface area contributed by atoms with Crippen LogP contribution >= 0.6 is 0 Å². The predicted octanol–water partition coefficient (Wildman–Crippen LogP) is 4.16. The van der Waals surface area contributed by atoms with Gasteiger partial charge in [0.2, 0.25) is 5.91 Å². The second-order valence-corrected chi connectivity index (χ2v) is 8.90. The van der Waals surface area contributed by atoms with E-state index in [2.05, 4.69) is 17.4 Å². The van der Waals surface area contributed by atoms with E-state index in [0.29, 0.717) is 25.7 Å². The highest BCUT2D eigenvalue weighted by atomic mass is 16.5. The van der Waals surface area contributed by atoms with Crippen molar-refractivity contribution in [1.82, 2.24) is 10.2 Å². The quantitative estimate of drug-likeness (QED) is 0.630. The van der Waals surface area contributed by atoms with Gasteiger partial charge in [-0.15, -0.1) is 0 Å². The molecule has 0 bridgehead atoms. The van der Waals surface area contributed by atoms with Crippen LogP contribution in [0.5, 0.6) is 0 Å². The predicted molar refractivity (Wildman–Crippen MR) is 124 cm³/mol. The van der Waals surface area contributed by atoms with Gasteiger partial charge in [-0.3, -0.25) is 4.79 Å². The number of alkyl carbamates (subject to hydrolysis) is 1. The molecule has 2 aliphatic carbocycles. The molecule has 2 N–H and O–H groups in total. The first-order valence-corrected chi connectivity index (χ1v) is 11.5. The van der Waals surface area contributed by atoms with Crippen molar-refractivity contribution >= 4 is 18.0 Å². The number of amides is 2. The molecule has 4 rings (SSSR count). The fourth-order valence-corrected chi connectivity index (χ4v) is 4.98. The Labute approximate surface area is 193 Å². The van der Waals surface area contributed by atoms with Crippen LogP contribution < -0.4 is 5.32 Å². The van der Waals surface area contributed by atoms with E-state index in [4.69, 9.17) is 4.74 Å². The van der Waals surface area contributed by atoms with Crippen molar-refractivity contribution in [3.05, 3.63) is 59.7 Å². The summed E-state index contributed by atoms with van der Waals surface area (Å²) in [4.78, 5) is 38.9. The lowest BCUT2D eigenvalue weighted by molar-refractivity contribution is -0.165. The summed E-state index contributed by atoms with van der Waals surface area (Å²) in [5.41, 5.74) is 3.33. The van der Waals surface area contributed by atoms with Crippen LogP contribution in [-0.4, -0.2) is 53.2 Å². The summed E-state index contributed by atoms with van der Waals surface area (Å²) >= 11 is 0. The Kier molecular flexibility index (Phi) is 6.40. The monoisotopic (exact) mass is 450 g/mol. The Bertz CT molecular complexity index is 1020. The SMILES string of the molecule is CCCC(NC(=O)OCC1c2ccccc2-c2ccccc21)C(=O)N(C)C1(C(=O)O)CCC1. The maximum absolute atomic E-state index is 13.1. The minimum absolute atomic E-state index is 0.0728. The third-order valence-electron chi connectivity index (χ3n) is 7.06. The number of rotatable bonds is 8. The molecule has 1 atom stereocenters. The van der Waals surface area contributed by atoms with Crippen molar-refractivity contribution in [2.45, 2.75) is 56.5 Å². The van der Waals surface area contributed by atoms with Crippen LogP contribution in [-0.2, 0) is 14.3 Å². The summed E-state index contributed by atoms with van der Waals surface area (Å²) in [6.07, 6.45) is 2.01. The van der Waals surface area contributed by atoms with Crippen molar-refractivity contribution in [2.75, 3.05) is 13.7 Å². The van der Waals surface area contributed by atoms with Gasteiger partial charge in [-0.1, -0.05) is 61.9 Å². The third-order valence-corrected chi connectivity index (χ3v) is 7.06. The van der Waals surface area contributed by atoms with E-state index in [0.717, 1.165) is 28.7 Å². The number of aliphatic carboxylic acids is 1. The van der Waals surface area contributed by atoms with Gasteiger partial charge in [0.25, 0.3) is 0 Å². The zero-order valence-corrected chi connectivity index (χ0v) is 19.0. The van der Waals surface area contributed by atoms with Crippen molar-refractivity contribution in [2.24, 2.45) is 0 Å². The number of carbonyl (C=O) groups is 3. The van der Waals surface area contributed by atoms with Gasteiger partial charge >= 0.3 is 12.1 Å². The molecule has 0 heterocycles. The Morgan fingerprint density at radius 2 is 1.67 bits per heavy atom. The molecular formula is C26H30N2O5. The fourth-order valence-electron chi connectivity index (χ4n) is 4.98. The number of nitrogens with zero attached hydrogens (tertiary/aromatic N) is 1. The van der Waals surface area contributed by atoms with Crippen LogP contribution in [0.2, 0.25) is 0 Å². The Hall–Kier alpha value is -3.35. The zero-order chi connectivity index (χ0) is 23.6. The Balaban J connectivity index is 1.43. The molecule has 2 aliphatic rings. The minimum atomic E-state index is -1.17.